The number of anilines is 2. The second-order valence-electron chi connectivity index (χ2n) is 4.75. The topological polar surface area (TPSA) is 29.3 Å². The summed E-state index contributed by atoms with van der Waals surface area (Å²) in [6.07, 6.45) is 1.000. The number of halogens is 2. The molecule has 0 amide bonds. The van der Waals surface area contributed by atoms with Gasteiger partial charge < -0.3 is 10.6 Å². The average Bonchev–Trinajstić information content (AvgIpc) is 2.43. The van der Waals surface area contributed by atoms with Crippen LogP contribution < -0.4 is 10.6 Å². The highest BCUT2D eigenvalue weighted by molar-refractivity contribution is 9.10. The van der Waals surface area contributed by atoms with E-state index in [1.807, 2.05) is 30.3 Å². The zero-order valence-electron chi connectivity index (χ0n) is 11.4. The first-order valence-corrected chi connectivity index (χ1v) is 7.44. The fourth-order valence-electron chi connectivity index (χ4n) is 2.12. The van der Waals surface area contributed by atoms with Crippen molar-refractivity contribution in [3.63, 3.8) is 0 Å². The van der Waals surface area contributed by atoms with Gasteiger partial charge in [-0.1, -0.05) is 22.9 Å². The zero-order valence-corrected chi connectivity index (χ0v) is 13.0. The largest absolute Gasteiger partial charge is 0.399 e. The van der Waals surface area contributed by atoms with Crippen molar-refractivity contribution in [3.8, 4) is 0 Å². The molecule has 0 atom stereocenters. The van der Waals surface area contributed by atoms with Gasteiger partial charge in [0, 0.05) is 34.5 Å². The molecule has 2 rings (SSSR count). The minimum absolute atomic E-state index is 0.176. The van der Waals surface area contributed by atoms with Gasteiger partial charge in [0.05, 0.1) is 0 Å². The van der Waals surface area contributed by atoms with Crippen LogP contribution in [0.4, 0.5) is 15.8 Å². The van der Waals surface area contributed by atoms with Gasteiger partial charge in [-0.25, -0.2) is 4.39 Å². The van der Waals surface area contributed by atoms with Crippen LogP contribution in [0.1, 0.15) is 18.9 Å². The van der Waals surface area contributed by atoms with Gasteiger partial charge in [-0.3, -0.25) is 0 Å². The molecule has 0 aromatic heterocycles. The van der Waals surface area contributed by atoms with Gasteiger partial charge in [-0.15, -0.1) is 0 Å². The molecule has 0 bridgehead atoms. The molecular formula is C16H18BrFN2. The number of benzene rings is 2. The SMILES string of the molecule is CCCN(Cc1cc(Br)ccc1F)c1ccc(N)cc1. The number of rotatable bonds is 5. The molecule has 0 saturated heterocycles. The second-order valence-corrected chi connectivity index (χ2v) is 5.66. The van der Waals surface area contributed by atoms with Crippen LogP contribution in [0.25, 0.3) is 0 Å². The van der Waals surface area contributed by atoms with E-state index >= 15 is 0 Å². The molecule has 0 saturated carbocycles. The van der Waals surface area contributed by atoms with E-state index < -0.39 is 0 Å². The first kappa shape index (κ1) is 14.9. The summed E-state index contributed by atoms with van der Waals surface area (Å²) in [5.41, 5.74) is 8.19. The zero-order chi connectivity index (χ0) is 14.5. The summed E-state index contributed by atoms with van der Waals surface area (Å²) >= 11 is 3.39. The predicted octanol–water partition coefficient (Wildman–Crippen LogP) is 4.59. The van der Waals surface area contributed by atoms with Crippen LogP contribution in [0.3, 0.4) is 0 Å². The Morgan fingerprint density at radius 3 is 2.50 bits per heavy atom. The van der Waals surface area contributed by atoms with Crippen molar-refractivity contribution in [2.75, 3.05) is 17.2 Å². The number of hydrogen-bond acceptors (Lipinski definition) is 2. The molecular weight excluding hydrogens is 319 g/mol. The molecule has 0 unspecified atom stereocenters. The molecule has 106 valence electrons. The third kappa shape index (κ3) is 3.73. The van der Waals surface area contributed by atoms with Gasteiger partial charge in [0.1, 0.15) is 5.82 Å². The summed E-state index contributed by atoms with van der Waals surface area (Å²) in [5.74, 6) is -0.176. The Balaban J connectivity index is 2.25. The van der Waals surface area contributed by atoms with Gasteiger partial charge in [-0.05, 0) is 48.9 Å². The van der Waals surface area contributed by atoms with Crippen LogP contribution in [-0.2, 0) is 6.54 Å². The maximum atomic E-state index is 13.9. The molecule has 2 N–H and O–H groups in total. The molecule has 0 radical (unpaired) electrons. The summed E-state index contributed by atoms with van der Waals surface area (Å²) in [6.45, 7) is 3.53. The highest BCUT2D eigenvalue weighted by Gasteiger charge is 2.10. The van der Waals surface area contributed by atoms with Crippen LogP contribution in [0.2, 0.25) is 0 Å². The molecule has 0 fully saturated rings. The predicted molar refractivity (Wildman–Crippen MR) is 86.3 cm³/mol. The summed E-state index contributed by atoms with van der Waals surface area (Å²) < 4.78 is 14.8. The number of nitrogen functional groups attached to an aromatic ring is 1. The summed E-state index contributed by atoms with van der Waals surface area (Å²) in [6, 6.07) is 12.7. The minimum Gasteiger partial charge on any atom is -0.399 e. The lowest BCUT2D eigenvalue weighted by molar-refractivity contribution is 0.602. The lowest BCUT2D eigenvalue weighted by Crippen LogP contribution is -2.24. The Kier molecular flexibility index (Phi) is 5.01. The highest BCUT2D eigenvalue weighted by atomic mass is 79.9. The van der Waals surface area contributed by atoms with E-state index in [4.69, 9.17) is 5.73 Å². The number of nitrogens with two attached hydrogens (primary N) is 1. The van der Waals surface area contributed by atoms with Crippen molar-refractivity contribution in [1.82, 2.24) is 0 Å². The first-order valence-electron chi connectivity index (χ1n) is 6.64. The standard InChI is InChI=1S/C16H18BrFN2/c1-2-9-20(15-6-4-14(19)5-7-15)11-12-10-13(17)3-8-16(12)18/h3-8,10H,2,9,11,19H2,1H3. The highest BCUT2D eigenvalue weighted by Crippen LogP contribution is 2.22. The Bertz CT molecular complexity index is 569. The van der Waals surface area contributed by atoms with Crippen molar-refractivity contribution < 1.29 is 4.39 Å². The lowest BCUT2D eigenvalue weighted by atomic mass is 10.1. The average molecular weight is 337 g/mol. The van der Waals surface area contributed by atoms with Gasteiger partial charge in [-0.2, -0.15) is 0 Å². The van der Waals surface area contributed by atoms with E-state index in [1.165, 1.54) is 6.07 Å². The number of hydrogen-bond donors (Lipinski definition) is 1. The van der Waals surface area contributed by atoms with E-state index in [0.717, 1.165) is 28.8 Å². The van der Waals surface area contributed by atoms with Gasteiger partial charge in [0.25, 0.3) is 0 Å². The van der Waals surface area contributed by atoms with Crippen LogP contribution in [0, 0.1) is 5.82 Å². The van der Waals surface area contributed by atoms with Gasteiger partial charge in [0.15, 0.2) is 0 Å². The summed E-state index contributed by atoms with van der Waals surface area (Å²) in [7, 11) is 0. The van der Waals surface area contributed by atoms with E-state index in [2.05, 4.69) is 27.8 Å². The quantitative estimate of drug-likeness (QED) is 0.809. The molecule has 2 aromatic carbocycles. The Morgan fingerprint density at radius 1 is 1.15 bits per heavy atom. The second kappa shape index (κ2) is 6.75. The first-order chi connectivity index (χ1) is 9.60. The Morgan fingerprint density at radius 2 is 1.85 bits per heavy atom. The minimum atomic E-state index is -0.176. The summed E-state index contributed by atoms with van der Waals surface area (Å²) in [5, 5.41) is 0. The molecule has 0 aliphatic carbocycles. The third-order valence-corrected chi connectivity index (χ3v) is 3.61. The normalized spacial score (nSPS) is 10.6. The smallest absolute Gasteiger partial charge is 0.128 e. The summed E-state index contributed by atoms with van der Waals surface area (Å²) in [4.78, 5) is 2.16. The van der Waals surface area contributed by atoms with Gasteiger partial charge in [0.2, 0.25) is 0 Å². The van der Waals surface area contributed by atoms with E-state index in [1.54, 1.807) is 6.07 Å². The monoisotopic (exact) mass is 336 g/mol. The maximum Gasteiger partial charge on any atom is 0.128 e. The van der Waals surface area contributed by atoms with Crippen molar-refractivity contribution in [2.24, 2.45) is 0 Å². The van der Waals surface area contributed by atoms with Crippen molar-refractivity contribution in [1.29, 1.82) is 0 Å². The molecule has 2 nitrogen and oxygen atoms in total. The molecule has 2 aromatic rings. The molecule has 0 spiro atoms. The van der Waals surface area contributed by atoms with E-state index in [9.17, 15) is 4.39 Å². The molecule has 0 aliphatic heterocycles. The van der Waals surface area contributed by atoms with Gasteiger partial charge >= 0.3 is 0 Å². The fraction of sp³-hybridized carbons (Fsp3) is 0.250. The van der Waals surface area contributed by atoms with E-state index in [-0.39, 0.29) is 5.82 Å². The maximum absolute atomic E-state index is 13.9. The van der Waals surface area contributed by atoms with Crippen molar-refractivity contribution >= 4 is 27.3 Å². The van der Waals surface area contributed by atoms with Crippen LogP contribution in [0.15, 0.2) is 46.9 Å². The molecule has 0 aliphatic rings. The third-order valence-electron chi connectivity index (χ3n) is 3.12. The lowest BCUT2D eigenvalue weighted by Gasteiger charge is -2.25. The van der Waals surface area contributed by atoms with Crippen LogP contribution >= 0.6 is 15.9 Å². The Labute approximate surface area is 127 Å². The molecule has 20 heavy (non-hydrogen) atoms. The molecule has 4 heteroatoms. The van der Waals surface area contributed by atoms with Crippen LogP contribution in [0.5, 0.6) is 0 Å². The van der Waals surface area contributed by atoms with Crippen molar-refractivity contribution in [2.45, 2.75) is 19.9 Å². The number of nitrogens with zero attached hydrogens (tertiary/aromatic N) is 1. The van der Waals surface area contributed by atoms with Crippen LogP contribution in [-0.4, -0.2) is 6.54 Å². The fourth-order valence-corrected chi connectivity index (χ4v) is 2.53. The van der Waals surface area contributed by atoms with E-state index in [0.29, 0.717) is 12.1 Å². The Hall–Kier alpha value is -1.55. The molecule has 0 heterocycles. The van der Waals surface area contributed by atoms with Crippen molar-refractivity contribution in [3.05, 3.63) is 58.3 Å².